The number of ether oxygens (including phenoxy) is 4. The highest BCUT2D eigenvalue weighted by Gasteiger charge is 2.30. The first-order chi connectivity index (χ1) is 65.7. The maximum Gasteiger partial charge on any atom is 0.337 e. The molecule has 0 unspecified atom stereocenters. The third-order valence-electron chi connectivity index (χ3n) is 20.7. The molecule has 0 radical (unpaired) electrons. The van der Waals surface area contributed by atoms with Crippen LogP contribution in [0.4, 0.5) is 22.7 Å². The SMILES string of the molecule is CO.COC(=O)c1ccc(N)c(N)c1.COC(=O)c1ccc2c(c1)nc(-c1cccc3ccccc13)n2S(=O)(=O)c1ccc(Cl)cc1.COC(=O)c1ccc2nc(-c3cccc4ccccc34)[nH]c2c1.COC(=O)c1ccc2nc(-c3cccc4ccccc34)n(S(=O)(=O)c3ccc(Cl)cc3)c2c1.Nc1ccc(C(=O)O)cc1N.O=Cc1cccc2ccccc12.O=S(=O)(Cl)c1ccc(Cl)cc1. The van der Waals surface area contributed by atoms with Gasteiger partial charge in [0.2, 0.25) is 0 Å². The summed E-state index contributed by atoms with van der Waals surface area (Å²) in [6.07, 6.45) is 0.891. The summed E-state index contributed by atoms with van der Waals surface area (Å²) < 4.78 is 98.0. The first-order valence-electron chi connectivity index (χ1n) is 40.7. The van der Waals surface area contributed by atoms with Gasteiger partial charge in [0.15, 0.2) is 17.9 Å². The van der Waals surface area contributed by atoms with Crippen LogP contribution in [0, 0.1) is 0 Å². The summed E-state index contributed by atoms with van der Waals surface area (Å²) in [5.74, 6) is -1.58. The van der Waals surface area contributed by atoms with Gasteiger partial charge < -0.3 is 57.1 Å². The molecule has 0 spiro atoms. The molecule has 19 aromatic rings. The molecular weight excluding hydrogens is 1890 g/mol. The van der Waals surface area contributed by atoms with Crippen LogP contribution >= 0.6 is 45.5 Å². The zero-order valence-corrected chi connectivity index (χ0v) is 78.5. The lowest BCUT2D eigenvalue weighted by molar-refractivity contribution is 0.0592. The Kier molecular flexibility index (Phi) is 32.7. The number of aliphatic hydroxyl groups is 1. The van der Waals surface area contributed by atoms with E-state index in [9.17, 15) is 54.0 Å². The minimum Gasteiger partial charge on any atom is -0.478 e. The van der Waals surface area contributed by atoms with E-state index in [0.717, 1.165) is 79.1 Å². The van der Waals surface area contributed by atoms with Crippen molar-refractivity contribution in [2.45, 2.75) is 14.7 Å². The van der Waals surface area contributed by atoms with Crippen molar-refractivity contribution in [3.05, 3.63) is 382 Å². The number of fused-ring (bicyclic) bond motifs is 7. The van der Waals surface area contributed by atoms with Crippen molar-refractivity contribution in [1.82, 2.24) is 27.9 Å². The van der Waals surface area contributed by atoms with Crippen LogP contribution in [0.1, 0.15) is 62.1 Å². The van der Waals surface area contributed by atoms with Crippen molar-refractivity contribution < 1.29 is 83.2 Å². The van der Waals surface area contributed by atoms with E-state index in [1.54, 1.807) is 42.5 Å². The van der Waals surface area contributed by atoms with E-state index in [0.29, 0.717) is 76.6 Å². The van der Waals surface area contributed by atoms with Gasteiger partial charge in [-0.1, -0.05) is 205 Å². The Balaban J connectivity index is 0.000000150. The molecular formula is C102H82Cl4N10O18S3. The van der Waals surface area contributed by atoms with E-state index in [1.165, 1.54) is 157 Å². The number of aliphatic hydroxyl groups excluding tert-OH is 1. The molecule has 0 saturated carbocycles. The highest BCUT2D eigenvalue weighted by molar-refractivity contribution is 8.13. The van der Waals surface area contributed by atoms with Crippen LogP contribution in [-0.2, 0) is 48.0 Å². The van der Waals surface area contributed by atoms with E-state index < -0.39 is 53.0 Å². The number of benzene rings is 16. The van der Waals surface area contributed by atoms with Crippen molar-refractivity contribution >= 4 is 210 Å². The molecule has 0 atom stereocenters. The first-order valence-corrected chi connectivity index (χ1v) is 47.0. The highest BCUT2D eigenvalue weighted by atomic mass is 35.7. The summed E-state index contributed by atoms with van der Waals surface area (Å²) in [6, 6.07) is 95.6. The van der Waals surface area contributed by atoms with E-state index in [-0.39, 0.29) is 54.5 Å². The minimum atomic E-state index is -4.09. The molecule has 137 heavy (non-hydrogen) atoms. The molecule has 0 amide bonds. The molecule has 3 heterocycles. The van der Waals surface area contributed by atoms with Gasteiger partial charge in [-0.2, -0.15) is 0 Å². The standard InChI is InChI=1S/2C25H17ClN2O4S.C19H14N2O2.C11H8O.C8H10N2O2.C7H8N2O2.C6H4Cl2O2S.CH4O/c1-32-25(29)17-9-14-23-22(15-17)27-24(21-8-4-6-16-5-2-3-7-20(16)21)28(23)33(30,31)19-12-10-18(26)11-13-19;1-32-25(29)17-9-14-22-23(15-17)28(33(30,31)19-12-10-18(26)11-13-19)24(27-22)21-8-4-6-16-5-2-3-7-20(16)21;1-23-19(22)13-9-10-16-17(11-13)21-18(20-16)15-8-4-6-12-5-2-3-7-14(12)15;12-8-10-6-3-5-9-4-1-2-7-11(9)10;1-12-8(11)5-2-3-6(9)7(10)4-5;8-5-2-1-4(7(10)11)3-6(5)9;7-5-1-3-6(4-2-5)11(8,9)10;1-2/h2*2-15H,1H3;2-11H,1H3,(H,20,21);1-8H;2-4H,9-10H2,1H3;1-3H,8-9H2,(H,10,11);1-4H;2H,1H3. The van der Waals surface area contributed by atoms with Crippen LogP contribution in [0.25, 0.3) is 110 Å². The number of esters is 4. The second-order valence-electron chi connectivity index (χ2n) is 29.2. The van der Waals surface area contributed by atoms with Crippen LogP contribution in [0.15, 0.2) is 348 Å². The monoisotopic (exact) mass is 1970 g/mol. The molecule has 0 aliphatic rings. The topological polar surface area (TPSA) is 451 Å². The Hall–Kier alpha value is -15.8. The van der Waals surface area contributed by atoms with Gasteiger partial charge in [-0.05, 0) is 207 Å². The number of hydrogen-bond acceptors (Lipinski definition) is 24. The van der Waals surface area contributed by atoms with E-state index >= 15 is 0 Å². The molecule has 0 fully saturated rings. The zero-order valence-electron chi connectivity index (χ0n) is 73.0. The number of aromatic carboxylic acids is 1. The average molecular weight is 1970 g/mol. The molecule has 0 aliphatic heterocycles. The number of halogens is 4. The molecule has 16 aromatic carbocycles. The number of aromatic amines is 1. The largest absolute Gasteiger partial charge is 0.478 e. The normalized spacial score (nSPS) is 10.9. The van der Waals surface area contributed by atoms with Gasteiger partial charge in [0.25, 0.3) is 29.1 Å². The number of methoxy groups -OCH3 is 4. The summed E-state index contributed by atoms with van der Waals surface area (Å²) in [5, 5.41) is 24.9. The number of carboxylic acid groups (broad SMARTS) is 1. The molecule has 11 N–H and O–H groups in total. The molecule has 19 rings (SSSR count). The predicted molar refractivity (Wildman–Crippen MR) is 537 cm³/mol. The molecule has 28 nitrogen and oxygen atoms in total. The van der Waals surface area contributed by atoms with Crippen LogP contribution in [0.3, 0.4) is 0 Å². The number of nitrogens with zero attached hydrogens (tertiary/aromatic N) is 5. The number of nitrogens with one attached hydrogen (secondary N) is 1. The van der Waals surface area contributed by atoms with Gasteiger partial charge in [-0.3, -0.25) is 4.79 Å². The summed E-state index contributed by atoms with van der Waals surface area (Å²) in [4.78, 5) is 85.3. The molecule has 0 bridgehead atoms. The third kappa shape index (κ3) is 23.5. The highest BCUT2D eigenvalue weighted by Crippen LogP contribution is 2.38. The number of anilines is 4. The van der Waals surface area contributed by atoms with Crippen LogP contribution in [-0.4, -0.2) is 135 Å². The van der Waals surface area contributed by atoms with Gasteiger partial charge in [0, 0.05) is 55.1 Å². The maximum absolute atomic E-state index is 13.9. The summed E-state index contributed by atoms with van der Waals surface area (Å²) >= 11 is 17.5. The van der Waals surface area contributed by atoms with Crippen LogP contribution in [0.5, 0.6) is 0 Å². The fraction of sp³-hybridized carbons (Fsp3) is 0.0490. The van der Waals surface area contributed by atoms with Gasteiger partial charge in [0.1, 0.15) is 5.82 Å². The van der Waals surface area contributed by atoms with Gasteiger partial charge in [0.05, 0.1) is 127 Å². The van der Waals surface area contributed by atoms with Gasteiger partial charge >= 0.3 is 29.8 Å². The second-order valence-corrected chi connectivity index (χ2v) is 36.6. The predicted octanol–water partition coefficient (Wildman–Crippen LogP) is 21.0. The Bertz CT molecular complexity index is 8040. The lowest BCUT2D eigenvalue weighted by Crippen LogP contribution is -2.15. The Labute approximate surface area is 804 Å². The lowest BCUT2D eigenvalue weighted by Gasteiger charge is -2.13. The van der Waals surface area contributed by atoms with Crippen LogP contribution < -0.4 is 22.9 Å². The molecule has 0 aliphatic carbocycles. The van der Waals surface area contributed by atoms with Crippen molar-refractivity contribution in [2.75, 3.05) is 58.5 Å². The third-order valence-corrected chi connectivity index (χ3v) is 26.2. The Morgan fingerprint density at radius 1 is 0.350 bits per heavy atom. The van der Waals surface area contributed by atoms with Crippen LogP contribution in [0.2, 0.25) is 15.1 Å². The number of aldehydes is 1. The molecule has 3 aromatic heterocycles. The Morgan fingerprint density at radius 3 is 1.13 bits per heavy atom. The number of nitrogens with two attached hydrogens (primary N) is 4. The number of carboxylic acids is 1. The average Bonchev–Trinajstić information content (AvgIpc) is 1.69. The Morgan fingerprint density at radius 2 is 0.693 bits per heavy atom. The lowest BCUT2D eigenvalue weighted by atomic mass is 10.0. The van der Waals surface area contributed by atoms with E-state index in [2.05, 4.69) is 42.9 Å². The van der Waals surface area contributed by atoms with Crippen molar-refractivity contribution in [3.63, 3.8) is 0 Å². The number of H-pyrrole nitrogens is 1. The van der Waals surface area contributed by atoms with E-state index in [4.69, 9.17) is 92.8 Å². The maximum atomic E-state index is 13.9. The molecule has 35 heteroatoms. The number of carbonyl (C=O) groups excluding carboxylic acids is 5. The number of rotatable bonds is 14. The van der Waals surface area contributed by atoms with Gasteiger partial charge in [-0.25, -0.2) is 72.1 Å². The minimum absolute atomic E-state index is 0.0520. The fourth-order valence-corrected chi connectivity index (χ4v) is 18.1. The number of nitrogen functional groups attached to an aromatic ring is 4. The molecule has 0 saturated heterocycles. The smallest absolute Gasteiger partial charge is 0.337 e. The summed E-state index contributed by atoms with van der Waals surface area (Å²) in [6.45, 7) is 0. The zero-order chi connectivity index (χ0) is 98.6. The second kappa shape index (κ2) is 44.8. The number of hydrogen-bond donors (Lipinski definition) is 7. The van der Waals surface area contributed by atoms with Crippen molar-refractivity contribution in [1.29, 1.82) is 0 Å². The van der Waals surface area contributed by atoms with E-state index in [1.807, 2.05) is 158 Å². The fourth-order valence-electron chi connectivity index (χ4n) is 14.0. The quantitative estimate of drug-likeness (QED) is 0.0175. The van der Waals surface area contributed by atoms with Crippen molar-refractivity contribution in [3.8, 4) is 34.2 Å². The van der Waals surface area contributed by atoms with Crippen molar-refractivity contribution in [2.24, 2.45) is 0 Å². The number of carbonyl (C=O) groups is 6. The van der Waals surface area contributed by atoms with Gasteiger partial charge in [-0.15, -0.1) is 0 Å². The number of aromatic nitrogens is 6. The summed E-state index contributed by atoms with van der Waals surface area (Å²) in [5.41, 5.74) is 30.9. The first kappa shape index (κ1) is 100. The summed E-state index contributed by atoms with van der Waals surface area (Å²) in [7, 11) is -0.451. The molecule has 694 valence electrons. The number of imidazole rings is 3.